The van der Waals surface area contributed by atoms with E-state index < -0.39 is 0 Å². The Bertz CT molecular complexity index is 518. The monoisotopic (exact) mass is 218 g/mol. The van der Waals surface area contributed by atoms with Crippen molar-refractivity contribution in [2.45, 2.75) is 13.8 Å². The third-order valence-corrected chi connectivity index (χ3v) is 2.53. The normalized spacial score (nSPS) is 10.4. The first-order valence-corrected chi connectivity index (χ1v) is 4.98. The molecule has 0 fully saturated rings. The minimum absolute atomic E-state index is 0.183. The number of oxazole rings is 1. The van der Waals surface area contributed by atoms with Crippen molar-refractivity contribution >= 4 is 6.01 Å². The maximum absolute atomic E-state index is 5.46. The van der Waals surface area contributed by atoms with Gasteiger partial charge in [-0.3, -0.25) is 0 Å². The fraction of sp³-hybridized carbons (Fsp3) is 0.250. The smallest absolute Gasteiger partial charge is 0.292 e. The Hall–Kier alpha value is -1.97. The highest BCUT2D eigenvalue weighted by Crippen LogP contribution is 2.30. The number of benzene rings is 1. The van der Waals surface area contributed by atoms with Crippen molar-refractivity contribution in [1.82, 2.24) is 4.98 Å². The molecule has 1 aromatic heterocycles. The SMILES string of the molecule is COc1cc(C)c(-c2cnc(N)o2)cc1C. The number of hydrogen-bond donors (Lipinski definition) is 1. The van der Waals surface area contributed by atoms with Crippen molar-refractivity contribution in [3.8, 4) is 17.1 Å². The minimum Gasteiger partial charge on any atom is -0.496 e. The first kappa shape index (κ1) is 10.5. The van der Waals surface area contributed by atoms with Crippen LogP contribution in [0.15, 0.2) is 22.7 Å². The Balaban J connectivity index is 2.54. The molecule has 2 rings (SSSR count). The summed E-state index contributed by atoms with van der Waals surface area (Å²) in [5, 5.41) is 0. The van der Waals surface area contributed by atoms with Crippen LogP contribution in [0.3, 0.4) is 0 Å². The zero-order valence-corrected chi connectivity index (χ0v) is 9.57. The number of hydrogen-bond acceptors (Lipinski definition) is 4. The summed E-state index contributed by atoms with van der Waals surface area (Å²) in [5.41, 5.74) is 8.57. The van der Waals surface area contributed by atoms with Crippen LogP contribution in [-0.2, 0) is 0 Å². The van der Waals surface area contributed by atoms with Crippen LogP contribution in [0, 0.1) is 13.8 Å². The molecule has 0 aliphatic rings. The highest BCUT2D eigenvalue weighted by Gasteiger charge is 2.10. The van der Waals surface area contributed by atoms with Gasteiger partial charge in [0, 0.05) is 5.56 Å². The molecule has 4 heteroatoms. The molecule has 0 spiro atoms. The van der Waals surface area contributed by atoms with Gasteiger partial charge in [-0.15, -0.1) is 0 Å². The molecule has 0 radical (unpaired) electrons. The predicted octanol–water partition coefficient (Wildman–Crippen LogP) is 2.55. The Morgan fingerprint density at radius 2 is 2.00 bits per heavy atom. The van der Waals surface area contributed by atoms with Gasteiger partial charge in [-0.2, -0.15) is 0 Å². The molecule has 1 heterocycles. The van der Waals surface area contributed by atoms with Crippen LogP contribution < -0.4 is 10.5 Å². The standard InChI is InChI=1S/C12H14N2O2/c1-7-5-10(15-3)8(2)4-9(7)11-6-14-12(13)16-11/h4-6H,1-3H3,(H2,13,14). The summed E-state index contributed by atoms with van der Waals surface area (Å²) in [6, 6.07) is 4.17. The van der Waals surface area contributed by atoms with Crippen molar-refractivity contribution < 1.29 is 9.15 Å². The van der Waals surface area contributed by atoms with Gasteiger partial charge in [0.2, 0.25) is 0 Å². The van der Waals surface area contributed by atoms with E-state index >= 15 is 0 Å². The van der Waals surface area contributed by atoms with Gasteiger partial charge in [-0.1, -0.05) is 0 Å². The fourth-order valence-electron chi connectivity index (χ4n) is 1.69. The highest BCUT2D eigenvalue weighted by atomic mass is 16.5. The second kappa shape index (κ2) is 3.89. The lowest BCUT2D eigenvalue weighted by molar-refractivity contribution is 0.411. The maximum Gasteiger partial charge on any atom is 0.292 e. The molecule has 16 heavy (non-hydrogen) atoms. The third kappa shape index (κ3) is 1.74. The average Bonchev–Trinajstić information content (AvgIpc) is 2.67. The maximum atomic E-state index is 5.46. The van der Waals surface area contributed by atoms with Gasteiger partial charge in [-0.25, -0.2) is 4.98 Å². The molecular formula is C12H14N2O2. The average molecular weight is 218 g/mol. The van der Waals surface area contributed by atoms with E-state index in [2.05, 4.69) is 4.98 Å². The third-order valence-electron chi connectivity index (χ3n) is 2.53. The Morgan fingerprint density at radius 1 is 1.25 bits per heavy atom. The van der Waals surface area contributed by atoms with E-state index in [0.29, 0.717) is 5.76 Å². The van der Waals surface area contributed by atoms with Gasteiger partial charge in [0.15, 0.2) is 5.76 Å². The lowest BCUT2D eigenvalue weighted by atomic mass is 10.0. The van der Waals surface area contributed by atoms with Crippen LogP contribution in [0.25, 0.3) is 11.3 Å². The molecule has 0 amide bonds. The number of ether oxygens (including phenoxy) is 1. The molecule has 0 unspecified atom stereocenters. The number of nitrogens with two attached hydrogens (primary N) is 1. The molecule has 0 atom stereocenters. The largest absolute Gasteiger partial charge is 0.496 e. The fourth-order valence-corrected chi connectivity index (χ4v) is 1.69. The predicted molar refractivity (Wildman–Crippen MR) is 62.4 cm³/mol. The van der Waals surface area contributed by atoms with E-state index in [4.69, 9.17) is 14.9 Å². The van der Waals surface area contributed by atoms with E-state index in [9.17, 15) is 0 Å². The van der Waals surface area contributed by atoms with Crippen molar-refractivity contribution in [1.29, 1.82) is 0 Å². The summed E-state index contributed by atoms with van der Waals surface area (Å²) < 4.78 is 10.6. The number of nitrogens with zero attached hydrogens (tertiary/aromatic N) is 1. The van der Waals surface area contributed by atoms with Crippen molar-refractivity contribution in [2.24, 2.45) is 0 Å². The molecule has 0 aliphatic heterocycles. The Kier molecular flexibility index (Phi) is 2.56. The van der Waals surface area contributed by atoms with Crippen LogP contribution in [0.1, 0.15) is 11.1 Å². The van der Waals surface area contributed by atoms with Gasteiger partial charge in [0.25, 0.3) is 6.01 Å². The van der Waals surface area contributed by atoms with Crippen LogP contribution in [0.4, 0.5) is 6.01 Å². The van der Waals surface area contributed by atoms with Gasteiger partial charge in [0.05, 0.1) is 13.3 Å². The van der Waals surface area contributed by atoms with E-state index in [1.54, 1.807) is 13.3 Å². The summed E-state index contributed by atoms with van der Waals surface area (Å²) in [4.78, 5) is 3.89. The number of rotatable bonds is 2. The summed E-state index contributed by atoms with van der Waals surface area (Å²) in [7, 11) is 1.66. The first-order chi connectivity index (χ1) is 7.61. The Morgan fingerprint density at radius 3 is 2.56 bits per heavy atom. The molecule has 0 aliphatic carbocycles. The summed E-state index contributed by atoms with van der Waals surface area (Å²) in [6.45, 7) is 3.98. The van der Waals surface area contributed by atoms with Crippen LogP contribution in [0.2, 0.25) is 0 Å². The number of anilines is 1. The van der Waals surface area contributed by atoms with E-state index in [-0.39, 0.29) is 6.01 Å². The van der Waals surface area contributed by atoms with Crippen molar-refractivity contribution in [3.05, 3.63) is 29.5 Å². The summed E-state index contributed by atoms with van der Waals surface area (Å²) >= 11 is 0. The number of aromatic nitrogens is 1. The van der Waals surface area contributed by atoms with Crippen molar-refractivity contribution in [2.75, 3.05) is 12.8 Å². The zero-order valence-electron chi connectivity index (χ0n) is 9.57. The van der Waals surface area contributed by atoms with Gasteiger partial charge in [-0.05, 0) is 37.1 Å². The zero-order chi connectivity index (χ0) is 11.7. The molecule has 0 saturated carbocycles. The second-order valence-corrected chi connectivity index (χ2v) is 3.70. The van der Waals surface area contributed by atoms with Crippen LogP contribution in [0.5, 0.6) is 5.75 Å². The molecule has 0 bridgehead atoms. The quantitative estimate of drug-likeness (QED) is 0.841. The lowest BCUT2D eigenvalue weighted by Crippen LogP contribution is -1.90. The molecule has 84 valence electrons. The molecule has 2 aromatic rings. The molecule has 0 saturated heterocycles. The summed E-state index contributed by atoms with van der Waals surface area (Å²) in [5.74, 6) is 1.55. The molecule has 4 nitrogen and oxygen atoms in total. The van der Waals surface area contributed by atoms with Crippen LogP contribution >= 0.6 is 0 Å². The summed E-state index contributed by atoms with van der Waals surface area (Å²) in [6.07, 6.45) is 1.63. The Labute approximate surface area is 94.1 Å². The highest BCUT2D eigenvalue weighted by molar-refractivity contribution is 5.65. The molecule has 2 N–H and O–H groups in total. The van der Waals surface area contributed by atoms with E-state index in [1.165, 1.54) is 0 Å². The minimum atomic E-state index is 0.183. The van der Waals surface area contributed by atoms with Gasteiger partial charge < -0.3 is 14.9 Å². The second-order valence-electron chi connectivity index (χ2n) is 3.70. The van der Waals surface area contributed by atoms with Gasteiger partial charge >= 0.3 is 0 Å². The lowest BCUT2D eigenvalue weighted by Gasteiger charge is -2.09. The molecular weight excluding hydrogens is 204 g/mol. The first-order valence-electron chi connectivity index (χ1n) is 4.98. The van der Waals surface area contributed by atoms with E-state index in [0.717, 1.165) is 22.4 Å². The van der Waals surface area contributed by atoms with Crippen molar-refractivity contribution in [3.63, 3.8) is 0 Å². The van der Waals surface area contributed by atoms with Gasteiger partial charge in [0.1, 0.15) is 5.75 Å². The molecule has 1 aromatic carbocycles. The van der Waals surface area contributed by atoms with Crippen LogP contribution in [-0.4, -0.2) is 12.1 Å². The number of nitrogen functional groups attached to an aromatic ring is 1. The number of aryl methyl sites for hydroxylation is 2. The number of methoxy groups -OCH3 is 1. The topological polar surface area (TPSA) is 61.3 Å². The van der Waals surface area contributed by atoms with E-state index in [1.807, 2.05) is 26.0 Å².